The Hall–Kier alpha value is -4.07. The van der Waals surface area contributed by atoms with Crippen molar-refractivity contribution in [3.05, 3.63) is 65.0 Å². The van der Waals surface area contributed by atoms with Crippen molar-refractivity contribution in [3.8, 4) is 28.8 Å². The Kier molecular flexibility index (Phi) is 8.47. The molecule has 1 aliphatic carbocycles. The van der Waals surface area contributed by atoms with Gasteiger partial charge in [0.2, 0.25) is 0 Å². The zero-order valence-corrected chi connectivity index (χ0v) is 23.3. The van der Waals surface area contributed by atoms with Gasteiger partial charge in [0.1, 0.15) is 30.3 Å². The second-order valence-corrected chi connectivity index (χ2v) is 10.4. The molecule has 1 amide bonds. The van der Waals surface area contributed by atoms with Gasteiger partial charge < -0.3 is 20.5 Å². The molecule has 5 rings (SSSR count). The van der Waals surface area contributed by atoms with Gasteiger partial charge in [-0.1, -0.05) is 12.0 Å². The number of halogens is 2. The van der Waals surface area contributed by atoms with Crippen LogP contribution in [0.15, 0.2) is 36.7 Å². The summed E-state index contributed by atoms with van der Waals surface area (Å²) >= 11 is 0. The fourth-order valence-electron chi connectivity index (χ4n) is 5.19. The van der Waals surface area contributed by atoms with Crippen LogP contribution in [0.4, 0.5) is 20.3 Å². The highest BCUT2D eigenvalue weighted by Crippen LogP contribution is 2.41. The molecule has 8 nitrogen and oxygen atoms in total. The molecule has 3 N–H and O–H groups in total. The van der Waals surface area contributed by atoms with Gasteiger partial charge in [-0.3, -0.25) is 9.69 Å². The number of likely N-dealkylation sites (tertiary alicyclic amines) is 1. The SMILES string of the molecule is CC#CCN1C[C@H](OC)C[C@H]1COc1c(N)ncnc1-c1cc(F)cc(NC(=O)c2ccc(C3CC3)cc2F)c1C. The number of aromatic nitrogens is 2. The van der Waals surface area contributed by atoms with Gasteiger partial charge in [0.05, 0.1) is 18.2 Å². The van der Waals surface area contributed by atoms with Gasteiger partial charge in [0.15, 0.2) is 11.6 Å². The molecule has 1 aliphatic heterocycles. The van der Waals surface area contributed by atoms with Crippen LogP contribution in [0.1, 0.15) is 53.6 Å². The molecule has 3 aromatic rings. The zero-order chi connectivity index (χ0) is 29.1. The van der Waals surface area contributed by atoms with E-state index in [4.69, 9.17) is 15.2 Å². The highest BCUT2D eigenvalue weighted by molar-refractivity contribution is 6.05. The van der Waals surface area contributed by atoms with E-state index in [-0.39, 0.29) is 47.3 Å². The van der Waals surface area contributed by atoms with Crippen LogP contribution in [-0.4, -0.2) is 59.7 Å². The van der Waals surface area contributed by atoms with E-state index in [2.05, 4.69) is 32.0 Å². The van der Waals surface area contributed by atoms with Crippen LogP contribution in [0, 0.1) is 30.4 Å². The summed E-state index contributed by atoms with van der Waals surface area (Å²) in [5, 5.41) is 2.66. The Balaban J connectivity index is 1.40. The highest BCUT2D eigenvalue weighted by atomic mass is 19.1. The first-order valence-corrected chi connectivity index (χ1v) is 13.6. The van der Waals surface area contributed by atoms with Gasteiger partial charge in [0, 0.05) is 30.9 Å². The van der Waals surface area contributed by atoms with E-state index in [0.717, 1.165) is 31.4 Å². The Bertz CT molecular complexity index is 1520. The molecular weight excluding hydrogens is 528 g/mol. The molecule has 2 heterocycles. The third-order valence-electron chi connectivity index (χ3n) is 7.70. The molecule has 41 heavy (non-hydrogen) atoms. The van der Waals surface area contributed by atoms with Crippen molar-refractivity contribution in [1.82, 2.24) is 14.9 Å². The Morgan fingerprint density at radius 3 is 2.73 bits per heavy atom. The lowest BCUT2D eigenvalue weighted by molar-refractivity contribution is 0.102. The summed E-state index contributed by atoms with van der Waals surface area (Å²) in [5.74, 6) is 4.77. The first-order chi connectivity index (χ1) is 19.8. The number of nitrogens with zero attached hydrogens (tertiary/aromatic N) is 3. The first-order valence-electron chi connectivity index (χ1n) is 13.6. The maximum Gasteiger partial charge on any atom is 0.258 e. The second-order valence-electron chi connectivity index (χ2n) is 10.4. The Morgan fingerprint density at radius 2 is 2.02 bits per heavy atom. The van der Waals surface area contributed by atoms with Crippen LogP contribution in [0.2, 0.25) is 0 Å². The lowest BCUT2D eigenvalue weighted by Gasteiger charge is -2.23. The van der Waals surface area contributed by atoms with E-state index in [1.807, 2.05) is 0 Å². The number of rotatable bonds is 9. The summed E-state index contributed by atoms with van der Waals surface area (Å²) in [6.45, 7) is 5.08. The molecule has 2 fully saturated rings. The van der Waals surface area contributed by atoms with Crippen LogP contribution in [0.25, 0.3) is 11.3 Å². The lowest BCUT2D eigenvalue weighted by Crippen LogP contribution is -2.34. The monoisotopic (exact) mass is 561 g/mol. The van der Waals surface area contributed by atoms with Gasteiger partial charge in [-0.2, -0.15) is 0 Å². The molecule has 0 radical (unpaired) electrons. The molecule has 2 atom stereocenters. The van der Waals surface area contributed by atoms with Crippen molar-refractivity contribution < 1.29 is 23.0 Å². The largest absolute Gasteiger partial charge is 0.486 e. The molecule has 0 unspecified atom stereocenters. The highest BCUT2D eigenvalue weighted by Gasteiger charge is 2.33. The zero-order valence-electron chi connectivity index (χ0n) is 23.3. The summed E-state index contributed by atoms with van der Waals surface area (Å²) in [6.07, 6.45) is 4.12. The van der Waals surface area contributed by atoms with Crippen molar-refractivity contribution >= 4 is 17.4 Å². The van der Waals surface area contributed by atoms with Crippen molar-refractivity contribution in [2.24, 2.45) is 0 Å². The average molecular weight is 562 g/mol. The maximum atomic E-state index is 14.9. The topological polar surface area (TPSA) is 103 Å². The minimum Gasteiger partial charge on any atom is -0.486 e. The number of nitrogens with one attached hydrogen (secondary N) is 1. The van der Waals surface area contributed by atoms with Crippen LogP contribution in [-0.2, 0) is 4.74 Å². The van der Waals surface area contributed by atoms with Crippen LogP contribution in [0.5, 0.6) is 5.75 Å². The minimum absolute atomic E-state index is 0.0120. The smallest absolute Gasteiger partial charge is 0.258 e. The van der Waals surface area contributed by atoms with Crippen molar-refractivity contribution in [2.45, 2.75) is 51.2 Å². The fraction of sp³-hybridized carbons (Fsp3) is 0.387. The molecule has 1 aromatic heterocycles. The van der Waals surface area contributed by atoms with Crippen molar-refractivity contribution in [2.75, 3.05) is 37.9 Å². The summed E-state index contributed by atoms with van der Waals surface area (Å²) in [4.78, 5) is 23.6. The summed E-state index contributed by atoms with van der Waals surface area (Å²) in [7, 11) is 1.68. The van der Waals surface area contributed by atoms with Crippen LogP contribution in [0.3, 0.4) is 0 Å². The average Bonchev–Trinajstić information content (AvgIpc) is 3.73. The summed E-state index contributed by atoms with van der Waals surface area (Å²) in [6, 6.07) is 7.13. The second kappa shape index (κ2) is 12.2. The molecule has 2 aromatic carbocycles. The van der Waals surface area contributed by atoms with Crippen LogP contribution < -0.4 is 15.8 Å². The number of nitrogens with two attached hydrogens (primary N) is 1. The number of anilines is 2. The van der Waals surface area contributed by atoms with Crippen molar-refractivity contribution in [1.29, 1.82) is 0 Å². The predicted molar refractivity (Wildman–Crippen MR) is 153 cm³/mol. The van der Waals surface area contributed by atoms with Gasteiger partial charge in [-0.25, -0.2) is 18.7 Å². The quantitative estimate of drug-likeness (QED) is 0.357. The molecule has 1 saturated heterocycles. The Morgan fingerprint density at radius 1 is 1.22 bits per heavy atom. The molecule has 10 heteroatoms. The number of benzene rings is 2. The lowest BCUT2D eigenvalue weighted by atomic mass is 10.0. The predicted octanol–water partition coefficient (Wildman–Crippen LogP) is 4.93. The number of hydrogen-bond donors (Lipinski definition) is 2. The van der Waals surface area contributed by atoms with Gasteiger partial charge in [0.25, 0.3) is 5.91 Å². The van der Waals surface area contributed by atoms with E-state index in [0.29, 0.717) is 23.6 Å². The number of hydrogen-bond acceptors (Lipinski definition) is 7. The van der Waals surface area contributed by atoms with E-state index in [1.54, 1.807) is 27.0 Å². The number of amides is 1. The van der Waals surface area contributed by atoms with Gasteiger partial charge in [-0.15, -0.1) is 5.92 Å². The minimum atomic E-state index is -0.674. The van der Waals surface area contributed by atoms with Gasteiger partial charge >= 0.3 is 0 Å². The molecule has 1 saturated carbocycles. The Labute approximate surface area is 238 Å². The van der Waals surface area contributed by atoms with E-state index in [1.165, 1.54) is 30.6 Å². The number of carbonyl (C=O) groups excluding carboxylic acids is 1. The number of nitrogen functional groups attached to an aromatic ring is 1. The molecule has 0 bridgehead atoms. The first kappa shape index (κ1) is 28.5. The number of methoxy groups -OCH3 is 1. The van der Waals surface area contributed by atoms with E-state index < -0.39 is 17.5 Å². The summed E-state index contributed by atoms with van der Waals surface area (Å²) < 4.78 is 41.4. The fourth-order valence-corrected chi connectivity index (χ4v) is 5.19. The standard InChI is InChI=1S/C31H33F2N5O3/c1-4-5-10-38-15-23(40-3)14-22(38)16-41-29-28(35-17-36-30(29)34)25-12-21(32)13-27(18(25)2)37-31(39)24-9-8-20(11-26(24)33)19-6-7-19/h8-9,11-13,17,19,22-23H,6-7,10,14-16H2,1-3H3,(H,37,39)(H2,34,35,36)/t22-,23+/m0/s1. The van der Waals surface area contributed by atoms with Crippen molar-refractivity contribution in [3.63, 3.8) is 0 Å². The number of ether oxygens (including phenoxy) is 2. The summed E-state index contributed by atoms with van der Waals surface area (Å²) in [5.41, 5.74) is 8.32. The third kappa shape index (κ3) is 6.32. The molecule has 2 aliphatic rings. The molecule has 214 valence electrons. The molecule has 0 spiro atoms. The van der Waals surface area contributed by atoms with E-state index >= 15 is 0 Å². The normalized spacial score (nSPS) is 18.6. The van der Waals surface area contributed by atoms with E-state index in [9.17, 15) is 13.6 Å². The molecular formula is C31H33F2N5O3. The number of carbonyl (C=O) groups is 1. The van der Waals surface area contributed by atoms with Crippen LogP contribution >= 0.6 is 0 Å². The maximum absolute atomic E-state index is 14.9. The van der Waals surface area contributed by atoms with Gasteiger partial charge in [-0.05, 0) is 74.4 Å². The third-order valence-corrected chi connectivity index (χ3v) is 7.70.